The standard InChI is InChI=1S/C18H23N3O3/c1-3-10-19-18(22)15-16(13-6-8-14(23-2)9-7-13)24-20-17(15)21-11-4-5-12-21/h6-9H,3-5,10-12H2,1-2H3,(H,19,22). The summed E-state index contributed by atoms with van der Waals surface area (Å²) in [5, 5.41) is 7.15. The number of anilines is 1. The van der Waals surface area contributed by atoms with Crippen molar-refractivity contribution >= 4 is 11.7 Å². The van der Waals surface area contributed by atoms with Crippen LogP contribution in [0.1, 0.15) is 36.5 Å². The molecule has 1 aromatic heterocycles. The Labute approximate surface area is 141 Å². The third-order valence-electron chi connectivity index (χ3n) is 4.19. The second kappa shape index (κ2) is 7.38. The first kappa shape index (κ1) is 16.4. The van der Waals surface area contributed by atoms with Crippen LogP contribution < -0.4 is 15.0 Å². The fraction of sp³-hybridized carbons (Fsp3) is 0.444. The van der Waals surface area contributed by atoms with Crippen LogP contribution in [0.25, 0.3) is 11.3 Å². The minimum atomic E-state index is -0.134. The third kappa shape index (κ3) is 3.22. The van der Waals surface area contributed by atoms with Crippen LogP contribution in [0.2, 0.25) is 0 Å². The van der Waals surface area contributed by atoms with E-state index in [9.17, 15) is 4.79 Å². The van der Waals surface area contributed by atoms with E-state index in [0.29, 0.717) is 23.7 Å². The van der Waals surface area contributed by atoms with Crippen molar-refractivity contribution in [3.8, 4) is 17.1 Å². The van der Waals surface area contributed by atoms with Crippen LogP contribution in [0.3, 0.4) is 0 Å². The number of benzene rings is 1. The Bertz CT molecular complexity index is 688. The molecule has 0 unspecified atom stereocenters. The molecule has 0 spiro atoms. The van der Waals surface area contributed by atoms with Crippen LogP contribution in [-0.2, 0) is 0 Å². The fourth-order valence-corrected chi connectivity index (χ4v) is 2.90. The highest BCUT2D eigenvalue weighted by Crippen LogP contribution is 2.33. The summed E-state index contributed by atoms with van der Waals surface area (Å²) in [6.45, 7) is 4.47. The van der Waals surface area contributed by atoms with Gasteiger partial charge in [0.1, 0.15) is 11.3 Å². The molecule has 1 aliphatic heterocycles. The molecule has 6 nitrogen and oxygen atoms in total. The normalized spacial score (nSPS) is 14.0. The zero-order chi connectivity index (χ0) is 16.9. The van der Waals surface area contributed by atoms with E-state index in [-0.39, 0.29) is 5.91 Å². The average Bonchev–Trinajstić information content (AvgIpc) is 3.28. The maximum absolute atomic E-state index is 12.7. The van der Waals surface area contributed by atoms with Gasteiger partial charge in [-0.05, 0) is 43.5 Å². The second-order valence-electron chi connectivity index (χ2n) is 5.89. The predicted molar refractivity (Wildman–Crippen MR) is 92.6 cm³/mol. The Balaban J connectivity index is 1.99. The maximum atomic E-state index is 12.7. The molecule has 128 valence electrons. The van der Waals surface area contributed by atoms with Gasteiger partial charge in [0.05, 0.1) is 7.11 Å². The molecule has 0 saturated carbocycles. The highest BCUT2D eigenvalue weighted by molar-refractivity contribution is 6.04. The first-order valence-corrected chi connectivity index (χ1v) is 8.41. The lowest BCUT2D eigenvalue weighted by atomic mass is 10.1. The van der Waals surface area contributed by atoms with Crippen molar-refractivity contribution in [1.29, 1.82) is 0 Å². The Morgan fingerprint density at radius 2 is 2.00 bits per heavy atom. The lowest BCUT2D eigenvalue weighted by Crippen LogP contribution is -2.27. The van der Waals surface area contributed by atoms with Gasteiger partial charge in [0.15, 0.2) is 11.6 Å². The number of carbonyl (C=O) groups is 1. The summed E-state index contributed by atoms with van der Waals surface area (Å²) in [4.78, 5) is 14.8. The van der Waals surface area contributed by atoms with Gasteiger partial charge in [-0.2, -0.15) is 0 Å². The summed E-state index contributed by atoms with van der Waals surface area (Å²) >= 11 is 0. The first-order chi connectivity index (χ1) is 11.7. The molecule has 2 aromatic rings. The first-order valence-electron chi connectivity index (χ1n) is 8.41. The zero-order valence-corrected chi connectivity index (χ0v) is 14.2. The van der Waals surface area contributed by atoms with Crippen LogP contribution >= 0.6 is 0 Å². The van der Waals surface area contributed by atoms with Gasteiger partial charge in [-0.15, -0.1) is 0 Å². The number of methoxy groups -OCH3 is 1. The molecule has 1 amide bonds. The summed E-state index contributed by atoms with van der Waals surface area (Å²) in [7, 11) is 1.62. The molecule has 2 heterocycles. The van der Waals surface area contributed by atoms with Crippen molar-refractivity contribution in [3.63, 3.8) is 0 Å². The highest BCUT2D eigenvalue weighted by atomic mass is 16.5. The van der Waals surface area contributed by atoms with Gasteiger partial charge in [-0.25, -0.2) is 0 Å². The molecule has 1 fully saturated rings. The number of hydrogen-bond donors (Lipinski definition) is 1. The quantitative estimate of drug-likeness (QED) is 0.882. The average molecular weight is 329 g/mol. The predicted octanol–water partition coefficient (Wildman–Crippen LogP) is 3.09. The Kier molecular flexibility index (Phi) is 5.03. The number of carbonyl (C=O) groups excluding carboxylic acids is 1. The number of aromatic nitrogens is 1. The van der Waals surface area contributed by atoms with Crippen molar-refractivity contribution in [2.45, 2.75) is 26.2 Å². The van der Waals surface area contributed by atoms with Crippen molar-refractivity contribution in [3.05, 3.63) is 29.8 Å². The summed E-state index contributed by atoms with van der Waals surface area (Å²) in [5.41, 5.74) is 1.34. The van der Waals surface area contributed by atoms with Crippen molar-refractivity contribution in [1.82, 2.24) is 10.5 Å². The smallest absolute Gasteiger partial charge is 0.259 e. The monoisotopic (exact) mass is 329 g/mol. The van der Waals surface area contributed by atoms with Crippen molar-refractivity contribution in [2.24, 2.45) is 0 Å². The van der Waals surface area contributed by atoms with Gasteiger partial charge in [0, 0.05) is 25.2 Å². The highest BCUT2D eigenvalue weighted by Gasteiger charge is 2.28. The van der Waals surface area contributed by atoms with Gasteiger partial charge >= 0.3 is 0 Å². The minimum Gasteiger partial charge on any atom is -0.497 e. The summed E-state index contributed by atoms with van der Waals surface area (Å²) in [5.74, 6) is 1.78. The number of ether oxygens (including phenoxy) is 1. The van der Waals surface area contributed by atoms with E-state index in [1.165, 1.54) is 0 Å². The molecular weight excluding hydrogens is 306 g/mol. The zero-order valence-electron chi connectivity index (χ0n) is 14.2. The molecule has 24 heavy (non-hydrogen) atoms. The van der Waals surface area contributed by atoms with E-state index in [0.717, 1.165) is 43.7 Å². The van der Waals surface area contributed by atoms with Gasteiger partial charge in [-0.3, -0.25) is 4.79 Å². The summed E-state index contributed by atoms with van der Waals surface area (Å²) in [6, 6.07) is 7.45. The van der Waals surface area contributed by atoms with E-state index in [1.54, 1.807) is 7.11 Å². The topological polar surface area (TPSA) is 67.6 Å². The maximum Gasteiger partial charge on any atom is 0.259 e. The number of nitrogens with one attached hydrogen (secondary N) is 1. The van der Waals surface area contributed by atoms with E-state index in [1.807, 2.05) is 31.2 Å². The molecule has 6 heteroatoms. The van der Waals surface area contributed by atoms with Gasteiger partial charge in [0.2, 0.25) is 0 Å². The number of nitrogens with zero attached hydrogens (tertiary/aromatic N) is 2. The molecule has 1 N–H and O–H groups in total. The SMILES string of the molecule is CCCNC(=O)c1c(N2CCCC2)noc1-c1ccc(OC)cc1. The van der Waals surface area contributed by atoms with Gasteiger partial charge in [0.25, 0.3) is 5.91 Å². The lowest BCUT2D eigenvalue weighted by Gasteiger charge is -2.15. The van der Waals surface area contributed by atoms with Crippen molar-refractivity contribution in [2.75, 3.05) is 31.6 Å². The van der Waals surface area contributed by atoms with Crippen LogP contribution in [-0.4, -0.2) is 37.8 Å². The molecule has 0 radical (unpaired) electrons. The number of rotatable bonds is 6. The Morgan fingerprint density at radius 3 is 2.62 bits per heavy atom. The summed E-state index contributed by atoms with van der Waals surface area (Å²) < 4.78 is 10.8. The number of amides is 1. The van der Waals surface area contributed by atoms with Gasteiger partial charge in [-0.1, -0.05) is 12.1 Å². The van der Waals surface area contributed by atoms with Crippen LogP contribution in [0, 0.1) is 0 Å². The molecule has 0 aliphatic carbocycles. The number of hydrogen-bond acceptors (Lipinski definition) is 5. The van der Waals surface area contributed by atoms with Crippen LogP contribution in [0.4, 0.5) is 5.82 Å². The Morgan fingerprint density at radius 1 is 1.29 bits per heavy atom. The molecule has 1 aromatic carbocycles. The molecular formula is C18H23N3O3. The lowest BCUT2D eigenvalue weighted by molar-refractivity contribution is 0.0954. The third-order valence-corrected chi connectivity index (χ3v) is 4.19. The van der Waals surface area contributed by atoms with Crippen molar-refractivity contribution < 1.29 is 14.1 Å². The largest absolute Gasteiger partial charge is 0.497 e. The molecule has 0 bridgehead atoms. The van der Waals surface area contributed by atoms with E-state index in [4.69, 9.17) is 9.26 Å². The summed E-state index contributed by atoms with van der Waals surface area (Å²) in [6.07, 6.45) is 3.11. The minimum absolute atomic E-state index is 0.134. The Hall–Kier alpha value is -2.50. The van der Waals surface area contributed by atoms with E-state index >= 15 is 0 Å². The van der Waals surface area contributed by atoms with Crippen LogP contribution in [0.5, 0.6) is 5.75 Å². The van der Waals surface area contributed by atoms with E-state index < -0.39 is 0 Å². The molecule has 1 aliphatic rings. The second-order valence-corrected chi connectivity index (χ2v) is 5.89. The van der Waals surface area contributed by atoms with Crippen LogP contribution in [0.15, 0.2) is 28.8 Å². The molecule has 0 atom stereocenters. The molecule has 1 saturated heterocycles. The van der Waals surface area contributed by atoms with E-state index in [2.05, 4.69) is 15.4 Å². The van der Waals surface area contributed by atoms with Gasteiger partial charge < -0.3 is 19.5 Å². The molecule has 3 rings (SSSR count). The fourth-order valence-electron chi connectivity index (χ4n) is 2.90.